The van der Waals surface area contributed by atoms with Crippen LogP contribution in [0.5, 0.6) is 11.8 Å². The highest BCUT2D eigenvalue weighted by Gasteiger charge is 2.09. The van der Waals surface area contributed by atoms with Crippen molar-refractivity contribution in [2.24, 2.45) is 5.11 Å². The largest absolute Gasteiger partial charge is 0.494 e. The number of anilines is 2. The summed E-state index contributed by atoms with van der Waals surface area (Å²) >= 11 is 0. The summed E-state index contributed by atoms with van der Waals surface area (Å²) in [5.41, 5.74) is 7.53. The molecular formula is C12H10N6O2. The monoisotopic (exact) mass is 270 g/mol. The first-order valence-electron chi connectivity index (χ1n) is 5.68. The van der Waals surface area contributed by atoms with Crippen LogP contribution in [0.2, 0.25) is 0 Å². The lowest BCUT2D eigenvalue weighted by Crippen LogP contribution is -1.93. The van der Waals surface area contributed by atoms with Crippen LogP contribution in [0.4, 0.5) is 17.5 Å². The van der Waals surface area contributed by atoms with Crippen molar-refractivity contribution in [3.8, 4) is 11.8 Å². The lowest BCUT2D eigenvalue weighted by Gasteiger charge is -2.05. The zero-order valence-corrected chi connectivity index (χ0v) is 10.1. The summed E-state index contributed by atoms with van der Waals surface area (Å²) in [6, 6.07) is 6.70. The van der Waals surface area contributed by atoms with E-state index in [-0.39, 0.29) is 17.7 Å². The van der Waals surface area contributed by atoms with Gasteiger partial charge < -0.3 is 15.5 Å². The molecule has 0 aliphatic carbocycles. The van der Waals surface area contributed by atoms with Crippen LogP contribution in [0.15, 0.2) is 35.6 Å². The molecule has 3 aromatic rings. The molecule has 0 saturated heterocycles. The molecule has 0 bridgehead atoms. The molecule has 0 spiro atoms. The van der Waals surface area contributed by atoms with Crippen LogP contribution in [-0.4, -0.2) is 25.2 Å². The van der Waals surface area contributed by atoms with Gasteiger partial charge in [-0.25, -0.2) is 10.5 Å². The second-order valence-electron chi connectivity index (χ2n) is 4.06. The fourth-order valence-corrected chi connectivity index (χ4v) is 1.89. The van der Waals surface area contributed by atoms with E-state index in [0.29, 0.717) is 22.3 Å². The summed E-state index contributed by atoms with van der Waals surface area (Å²) in [6.07, 6.45) is 1.49. The number of nitrogens with zero attached hydrogens (tertiary/aromatic N) is 3. The van der Waals surface area contributed by atoms with Crippen LogP contribution in [0.1, 0.15) is 0 Å². The minimum absolute atomic E-state index is 0.0539. The minimum Gasteiger partial charge on any atom is -0.494 e. The topological polar surface area (TPSA) is 130 Å². The summed E-state index contributed by atoms with van der Waals surface area (Å²) in [5, 5.41) is 26.4. The lowest BCUT2D eigenvalue weighted by atomic mass is 10.2. The van der Waals surface area contributed by atoms with Crippen LogP contribution < -0.4 is 5.32 Å². The Bertz CT molecular complexity index is 798. The van der Waals surface area contributed by atoms with Crippen molar-refractivity contribution in [1.29, 1.82) is 5.53 Å². The van der Waals surface area contributed by atoms with Crippen LogP contribution in [-0.2, 0) is 0 Å². The molecule has 0 radical (unpaired) electrons. The predicted molar refractivity (Wildman–Crippen MR) is 71.8 cm³/mol. The molecule has 20 heavy (non-hydrogen) atoms. The molecule has 100 valence electrons. The maximum atomic E-state index is 9.66. The molecule has 0 saturated carbocycles. The van der Waals surface area contributed by atoms with E-state index in [1.54, 1.807) is 24.3 Å². The number of rotatable bonds is 3. The van der Waals surface area contributed by atoms with Crippen molar-refractivity contribution in [3.63, 3.8) is 0 Å². The standard InChI is InChI=1S/C12H10N6O2/c13-18-12-14-4-3-9(16-12)15-6-1-2-7-8(5-6)11(20)17-10(7)19/h1-5,13,17,19-20H,(H,14,15,16). The summed E-state index contributed by atoms with van der Waals surface area (Å²) in [7, 11) is 0. The molecule has 8 heteroatoms. The lowest BCUT2D eigenvalue weighted by molar-refractivity contribution is 0.429. The second-order valence-corrected chi connectivity index (χ2v) is 4.06. The highest BCUT2D eigenvalue weighted by molar-refractivity contribution is 5.94. The van der Waals surface area contributed by atoms with Crippen molar-refractivity contribution < 1.29 is 10.2 Å². The molecule has 5 N–H and O–H groups in total. The zero-order chi connectivity index (χ0) is 14.1. The first-order chi connectivity index (χ1) is 9.67. The Morgan fingerprint density at radius 2 is 1.95 bits per heavy atom. The van der Waals surface area contributed by atoms with E-state index in [0.717, 1.165) is 0 Å². The van der Waals surface area contributed by atoms with Gasteiger partial charge in [-0.1, -0.05) is 0 Å². The van der Waals surface area contributed by atoms with Gasteiger partial charge in [0.15, 0.2) is 11.8 Å². The van der Waals surface area contributed by atoms with Gasteiger partial charge in [0.05, 0.1) is 0 Å². The third-order valence-corrected chi connectivity index (χ3v) is 2.78. The van der Waals surface area contributed by atoms with E-state index in [1.807, 2.05) is 0 Å². The van der Waals surface area contributed by atoms with E-state index in [9.17, 15) is 10.2 Å². The van der Waals surface area contributed by atoms with Crippen molar-refractivity contribution in [1.82, 2.24) is 15.0 Å². The average Bonchev–Trinajstić information content (AvgIpc) is 2.74. The highest BCUT2D eigenvalue weighted by Crippen LogP contribution is 2.34. The fraction of sp³-hybridized carbons (Fsp3) is 0. The number of aromatic hydroxyl groups is 2. The maximum Gasteiger partial charge on any atom is 0.270 e. The molecule has 1 aromatic carbocycles. The van der Waals surface area contributed by atoms with Crippen molar-refractivity contribution in [2.45, 2.75) is 0 Å². The van der Waals surface area contributed by atoms with Crippen LogP contribution in [0, 0.1) is 5.53 Å². The number of aromatic amines is 1. The third-order valence-electron chi connectivity index (χ3n) is 2.78. The van der Waals surface area contributed by atoms with Gasteiger partial charge in [-0.05, 0) is 24.3 Å². The van der Waals surface area contributed by atoms with Crippen molar-refractivity contribution >= 4 is 28.2 Å². The first kappa shape index (κ1) is 11.9. The quantitative estimate of drug-likeness (QED) is 0.467. The maximum absolute atomic E-state index is 9.66. The molecule has 0 aliphatic rings. The third kappa shape index (κ3) is 1.99. The number of hydrogen-bond donors (Lipinski definition) is 5. The van der Waals surface area contributed by atoms with Gasteiger partial charge in [0.25, 0.3) is 5.95 Å². The van der Waals surface area contributed by atoms with Gasteiger partial charge in [-0.3, -0.25) is 4.98 Å². The fourth-order valence-electron chi connectivity index (χ4n) is 1.89. The Morgan fingerprint density at radius 1 is 1.15 bits per heavy atom. The second kappa shape index (κ2) is 4.50. The van der Waals surface area contributed by atoms with Gasteiger partial charge in [0, 0.05) is 22.7 Å². The Morgan fingerprint density at radius 3 is 2.75 bits per heavy atom. The van der Waals surface area contributed by atoms with Gasteiger partial charge >= 0.3 is 0 Å². The molecule has 3 rings (SSSR count). The molecule has 0 atom stereocenters. The van der Waals surface area contributed by atoms with E-state index in [4.69, 9.17) is 5.53 Å². The highest BCUT2D eigenvalue weighted by atomic mass is 16.3. The number of benzene rings is 1. The van der Waals surface area contributed by atoms with Gasteiger partial charge in [-0.2, -0.15) is 4.98 Å². The molecule has 8 nitrogen and oxygen atoms in total. The van der Waals surface area contributed by atoms with Crippen LogP contribution in [0.3, 0.4) is 0 Å². The number of aromatic nitrogens is 3. The first-order valence-corrected chi connectivity index (χ1v) is 5.68. The predicted octanol–water partition coefficient (Wildman–Crippen LogP) is 2.78. The molecule has 0 amide bonds. The number of hydrogen-bond acceptors (Lipinski definition) is 7. The SMILES string of the molecule is N=Nc1nccc(Nc2ccc3c(O)[nH]c(O)c3c2)n1. The van der Waals surface area contributed by atoms with E-state index >= 15 is 0 Å². The summed E-state index contributed by atoms with van der Waals surface area (Å²) in [6.45, 7) is 0. The Kier molecular flexibility index (Phi) is 2.68. The molecule has 0 unspecified atom stereocenters. The average molecular weight is 270 g/mol. The molecule has 0 aliphatic heterocycles. The number of fused-ring (bicyclic) bond motifs is 1. The zero-order valence-electron chi connectivity index (χ0n) is 10.1. The molecular weight excluding hydrogens is 260 g/mol. The summed E-state index contributed by atoms with van der Waals surface area (Å²) in [5.74, 6) is 0.342. The smallest absolute Gasteiger partial charge is 0.270 e. The van der Waals surface area contributed by atoms with E-state index in [1.165, 1.54) is 6.20 Å². The molecule has 0 fully saturated rings. The summed E-state index contributed by atoms with van der Waals surface area (Å²) < 4.78 is 0. The van der Waals surface area contributed by atoms with Crippen molar-refractivity contribution in [2.75, 3.05) is 5.32 Å². The number of H-pyrrole nitrogens is 1. The molecule has 2 aromatic heterocycles. The minimum atomic E-state index is -0.106. The van der Waals surface area contributed by atoms with Gasteiger partial charge in [0.1, 0.15) is 5.82 Å². The van der Waals surface area contributed by atoms with Gasteiger partial charge in [-0.15, -0.1) is 5.11 Å². The van der Waals surface area contributed by atoms with Gasteiger partial charge in [0.2, 0.25) is 0 Å². The molecule has 2 heterocycles. The van der Waals surface area contributed by atoms with E-state index < -0.39 is 0 Å². The Balaban J connectivity index is 1.98. The van der Waals surface area contributed by atoms with Crippen LogP contribution >= 0.6 is 0 Å². The summed E-state index contributed by atoms with van der Waals surface area (Å²) in [4.78, 5) is 10.2. The van der Waals surface area contributed by atoms with E-state index in [2.05, 4.69) is 25.4 Å². The van der Waals surface area contributed by atoms with Crippen molar-refractivity contribution in [3.05, 3.63) is 30.5 Å². The Labute approximate surface area is 112 Å². The van der Waals surface area contributed by atoms with Crippen LogP contribution in [0.25, 0.3) is 10.8 Å². The normalized spacial score (nSPS) is 10.6. The Hall–Kier alpha value is -3.16. The number of nitrogens with one attached hydrogen (secondary N) is 3.